The zero-order valence-corrected chi connectivity index (χ0v) is 18.6. The first-order valence-electron chi connectivity index (χ1n) is 10.1. The average Bonchev–Trinajstić information content (AvgIpc) is 3.43. The van der Waals surface area contributed by atoms with Crippen molar-refractivity contribution in [2.45, 2.75) is 43.6 Å². The molecule has 162 valence electrons. The minimum atomic E-state index is -3.73. The fourth-order valence-electron chi connectivity index (χ4n) is 3.50. The summed E-state index contributed by atoms with van der Waals surface area (Å²) in [5.74, 6) is 0.414. The highest BCUT2D eigenvalue weighted by Crippen LogP contribution is 2.27. The van der Waals surface area contributed by atoms with Gasteiger partial charge in [-0.05, 0) is 73.2 Å². The van der Waals surface area contributed by atoms with E-state index >= 15 is 0 Å². The Balaban J connectivity index is 1.40. The molecule has 0 aliphatic heterocycles. The molecule has 1 aliphatic rings. The Morgan fingerprint density at radius 1 is 1.16 bits per heavy atom. The van der Waals surface area contributed by atoms with Gasteiger partial charge in [0.1, 0.15) is 5.75 Å². The van der Waals surface area contributed by atoms with Crippen LogP contribution in [0.15, 0.2) is 58.9 Å². The number of nitrogens with zero attached hydrogens (tertiary/aromatic N) is 1. The maximum Gasteiger partial charge on any atom is 0.265 e. The van der Waals surface area contributed by atoms with Gasteiger partial charge in [0.15, 0.2) is 11.2 Å². The van der Waals surface area contributed by atoms with Gasteiger partial charge in [0.2, 0.25) is 0 Å². The summed E-state index contributed by atoms with van der Waals surface area (Å²) in [5.41, 5.74) is 3.13. The Morgan fingerprint density at radius 2 is 1.94 bits per heavy atom. The normalized spacial score (nSPS) is 14.0. The monoisotopic (exact) mass is 457 g/mol. The molecule has 2 N–H and O–H groups in total. The molecule has 0 fully saturated rings. The predicted molar refractivity (Wildman–Crippen MR) is 121 cm³/mol. The molecule has 7 nitrogen and oxygen atoms in total. The van der Waals surface area contributed by atoms with E-state index in [1.807, 2.05) is 19.1 Å². The van der Waals surface area contributed by atoms with E-state index in [1.165, 1.54) is 40.8 Å². The van der Waals surface area contributed by atoms with Crippen molar-refractivity contribution >= 4 is 38.1 Å². The zero-order valence-electron chi connectivity index (χ0n) is 17.0. The topological polar surface area (TPSA) is 97.4 Å². The quantitative estimate of drug-likeness (QED) is 0.528. The highest BCUT2D eigenvalue weighted by molar-refractivity contribution is 7.93. The van der Waals surface area contributed by atoms with E-state index < -0.39 is 16.1 Å². The molecular weight excluding hydrogens is 434 g/mol. The van der Waals surface area contributed by atoms with Crippen LogP contribution in [-0.4, -0.2) is 25.4 Å². The zero-order chi connectivity index (χ0) is 21.8. The van der Waals surface area contributed by atoms with Crippen LogP contribution >= 0.6 is 11.3 Å². The Bertz CT molecular complexity index is 1160. The van der Waals surface area contributed by atoms with Crippen LogP contribution in [0, 0.1) is 0 Å². The van der Waals surface area contributed by atoms with Gasteiger partial charge in [0.05, 0.1) is 4.90 Å². The number of thiazole rings is 1. The molecule has 0 saturated heterocycles. The van der Waals surface area contributed by atoms with Crippen molar-refractivity contribution in [3.63, 3.8) is 0 Å². The molecule has 2 aromatic carbocycles. The van der Waals surface area contributed by atoms with Crippen molar-refractivity contribution in [2.75, 3.05) is 10.0 Å². The molecular formula is C22H23N3O4S2. The minimum Gasteiger partial charge on any atom is -0.481 e. The van der Waals surface area contributed by atoms with Crippen LogP contribution in [0.5, 0.6) is 5.75 Å². The molecule has 4 rings (SSSR count). The first-order chi connectivity index (χ1) is 14.9. The van der Waals surface area contributed by atoms with E-state index in [0.717, 1.165) is 19.3 Å². The van der Waals surface area contributed by atoms with E-state index in [-0.39, 0.29) is 10.8 Å². The Labute approximate surface area is 185 Å². The summed E-state index contributed by atoms with van der Waals surface area (Å²) in [6.07, 6.45) is 4.68. The largest absolute Gasteiger partial charge is 0.481 e. The number of hydrogen-bond donors (Lipinski definition) is 2. The Hall–Kier alpha value is -2.91. The van der Waals surface area contributed by atoms with Crippen LogP contribution < -0.4 is 14.8 Å². The van der Waals surface area contributed by atoms with Crippen LogP contribution in [0.3, 0.4) is 0 Å². The lowest BCUT2D eigenvalue weighted by Gasteiger charge is -2.18. The van der Waals surface area contributed by atoms with Gasteiger partial charge in [0, 0.05) is 17.3 Å². The molecule has 1 amide bonds. The molecule has 1 unspecified atom stereocenters. The third-order valence-electron chi connectivity index (χ3n) is 5.10. The molecule has 1 heterocycles. The lowest BCUT2D eigenvalue weighted by Crippen LogP contribution is -2.32. The molecule has 0 radical (unpaired) electrons. The van der Waals surface area contributed by atoms with Crippen molar-refractivity contribution in [3.8, 4) is 5.75 Å². The van der Waals surface area contributed by atoms with E-state index in [9.17, 15) is 13.2 Å². The number of benzene rings is 2. The van der Waals surface area contributed by atoms with Gasteiger partial charge in [-0.3, -0.25) is 9.52 Å². The second kappa shape index (κ2) is 9.07. The smallest absolute Gasteiger partial charge is 0.265 e. The highest BCUT2D eigenvalue weighted by atomic mass is 32.2. The number of rotatable bonds is 8. The van der Waals surface area contributed by atoms with Gasteiger partial charge in [0.25, 0.3) is 15.9 Å². The van der Waals surface area contributed by atoms with Crippen molar-refractivity contribution in [3.05, 3.63) is 65.2 Å². The molecule has 9 heteroatoms. The Kier molecular flexibility index (Phi) is 6.24. The number of ether oxygens (including phenoxy) is 1. The first kappa shape index (κ1) is 21.3. The maximum atomic E-state index is 12.7. The van der Waals surface area contributed by atoms with Crippen molar-refractivity contribution in [2.24, 2.45) is 0 Å². The number of fused-ring (bicyclic) bond motifs is 1. The molecule has 1 atom stereocenters. The summed E-state index contributed by atoms with van der Waals surface area (Å²) in [6, 6.07) is 12.0. The third-order valence-corrected chi connectivity index (χ3v) is 7.27. The van der Waals surface area contributed by atoms with E-state index in [4.69, 9.17) is 4.74 Å². The number of carbonyl (C=O) groups is 1. The van der Waals surface area contributed by atoms with Gasteiger partial charge >= 0.3 is 0 Å². The minimum absolute atomic E-state index is 0.0853. The fraction of sp³-hybridized carbons (Fsp3) is 0.273. The SMILES string of the molecule is CCC(Oc1ccc2c(c1)CCC2)C(=O)Nc1ccc(S(=O)(=O)Nc2nccs2)cc1. The van der Waals surface area contributed by atoms with Crippen molar-refractivity contribution in [1.82, 2.24) is 4.98 Å². The standard InChI is InChI=1S/C22H23N3O4S2/c1-2-20(29-18-9-6-15-4-3-5-16(15)14-18)21(26)24-17-7-10-19(11-8-17)31(27,28)25-22-23-12-13-30-22/h6-14,20H,2-5H2,1H3,(H,23,25)(H,24,26). The second-order valence-electron chi connectivity index (χ2n) is 7.26. The van der Waals surface area contributed by atoms with Gasteiger partial charge in [-0.25, -0.2) is 13.4 Å². The van der Waals surface area contributed by atoms with Crippen molar-refractivity contribution < 1.29 is 17.9 Å². The number of nitrogens with one attached hydrogen (secondary N) is 2. The second-order valence-corrected chi connectivity index (χ2v) is 9.83. The van der Waals surface area contributed by atoms with Crippen LogP contribution in [-0.2, 0) is 27.7 Å². The highest BCUT2D eigenvalue weighted by Gasteiger charge is 2.21. The summed E-state index contributed by atoms with van der Waals surface area (Å²) < 4.78 is 33.2. The average molecular weight is 458 g/mol. The third kappa shape index (κ3) is 5.05. The van der Waals surface area contributed by atoms with E-state index in [1.54, 1.807) is 17.5 Å². The molecule has 0 saturated carbocycles. The van der Waals surface area contributed by atoms with Gasteiger partial charge in [-0.1, -0.05) is 13.0 Å². The number of anilines is 2. The molecule has 3 aromatic rings. The summed E-state index contributed by atoms with van der Waals surface area (Å²) in [5, 5.41) is 4.78. The molecule has 1 aliphatic carbocycles. The Morgan fingerprint density at radius 3 is 2.65 bits per heavy atom. The number of hydrogen-bond acceptors (Lipinski definition) is 6. The number of carbonyl (C=O) groups excluding carboxylic acids is 1. The summed E-state index contributed by atoms with van der Waals surface area (Å²) in [7, 11) is -3.73. The van der Waals surface area contributed by atoms with E-state index in [2.05, 4.69) is 21.1 Å². The van der Waals surface area contributed by atoms with Gasteiger partial charge in [-0.15, -0.1) is 11.3 Å². The fourth-order valence-corrected chi connectivity index (χ4v) is 5.28. The number of aromatic nitrogens is 1. The molecule has 0 bridgehead atoms. The number of sulfonamides is 1. The summed E-state index contributed by atoms with van der Waals surface area (Å²) >= 11 is 1.20. The lowest BCUT2D eigenvalue weighted by atomic mass is 10.1. The summed E-state index contributed by atoms with van der Waals surface area (Å²) in [6.45, 7) is 1.89. The number of amides is 1. The van der Waals surface area contributed by atoms with Crippen LogP contribution in [0.25, 0.3) is 0 Å². The van der Waals surface area contributed by atoms with Gasteiger partial charge < -0.3 is 10.1 Å². The first-order valence-corrected chi connectivity index (χ1v) is 12.4. The van der Waals surface area contributed by atoms with Crippen LogP contribution in [0.2, 0.25) is 0 Å². The molecule has 31 heavy (non-hydrogen) atoms. The van der Waals surface area contributed by atoms with Crippen LogP contribution in [0.4, 0.5) is 10.8 Å². The van der Waals surface area contributed by atoms with Crippen molar-refractivity contribution in [1.29, 1.82) is 0 Å². The summed E-state index contributed by atoms with van der Waals surface area (Å²) in [4.78, 5) is 16.7. The lowest BCUT2D eigenvalue weighted by molar-refractivity contribution is -0.122. The van der Waals surface area contributed by atoms with Gasteiger partial charge in [-0.2, -0.15) is 0 Å². The van der Waals surface area contributed by atoms with E-state index in [0.29, 0.717) is 23.0 Å². The molecule has 0 spiro atoms. The maximum absolute atomic E-state index is 12.7. The van der Waals surface area contributed by atoms with Crippen LogP contribution in [0.1, 0.15) is 30.9 Å². The predicted octanol–water partition coefficient (Wildman–Crippen LogP) is 4.23. The number of aryl methyl sites for hydroxylation is 2. The molecule has 1 aromatic heterocycles.